The topological polar surface area (TPSA) is 33.5 Å². The summed E-state index contributed by atoms with van der Waals surface area (Å²) in [6, 6.07) is 39.3. The molecule has 0 saturated heterocycles. The van der Waals surface area contributed by atoms with Crippen LogP contribution in [0.5, 0.6) is 11.5 Å². The van der Waals surface area contributed by atoms with Crippen LogP contribution in [0.25, 0.3) is 27.6 Å². The van der Waals surface area contributed by atoms with Crippen LogP contribution in [-0.2, 0) is 21.1 Å². The average molecular weight is 661 g/mol. The molecule has 6 heteroatoms. The molecule has 0 saturated carbocycles. The summed E-state index contributed by atoms with van der Waals surface area (Å²) >= 11 is 0. The van der Waals surface area contributed by atoms with Crippen LogP contribution < -0.4 is 14.5 Å². The first-order valence-corrected chi connectivity index (χ1v) is 11.8. The second-order valence-corrected chi connectivity index (χ2v) is 8.72. The molecule has 0 spiro atoms. The van der Waals surface area contributed by atoms with Crippen LogP contribution >= 0.6 is 0 Å². The average Bonchev–Trinajstić information content (AvgIpc) is 3.44. The number of benzene rings is 4. The molecule has 5 nitrogen and oxygen atoms in total. The zero-order valence-electron chi connectivity index (χ0n) is 19.9. The molecule has 2 aromatic heterocycles. The third-order valence-electron chi connectivity index (χ3n) is 6.50. The summed E-state index contributed by atoms with van der Waals surface area (Å²) in [4.78, 5) is 8.81. The Balaban J connectivity index is 0.00000252. The minimum absolute atomic E-state index is 0. The van der Waals surface area contributed by atoms with Crippen LogP contribution in [0.3, 0.4) is 0 Å². The van der Waals surface area contributed by atoms with Gasteiger partial charge >= 0.3 is 0 Å². The van der Waals surface area contributed by atoms with Crippen molar-refractivity contribution in [1.29, 1.82) is 0 Å². The summed E-state index contributed by atoms with van der Waals surface area (Å²) < 4.78 is 8.44. The van der Waals surface area contributed by atoms with Gasteiger partial charge in [-0.1, -0.05) is 47.3 Å². The number of aromatic nitrogens is 2. The molecule has 0 atom stereocenters. The smallest absolute Gasteiger partial charge is 0.126 e. The largest absolute Gasteiger partial charge is 0.509 e. The van der Waals surface area contributed by atoms with E-state index in [9.17, 15) is 0 Å². The molecule has 0 N–H and O–H groups in total. The quantitative estimate of drug-likeness (QED) is 0.186. The zero-order valence-corrected chi connectivity index (χ0v) is 22.2. The monoisotopic (exact) mass is 660 g/mol. The normalized spacial score (nSPS) is 12.6. The van der Waals surface area contributed by atoms with Crippen molar-refractivity contribution in [1.82, 2.24) is 9.55 Å². The standard InChI is InChI=1S/C31H21N4O.Pt/c1-33-21-34(30-14-5-4-13-29(30)33)22-9-8-10-23(19-22)36-24-16-17-28-26(20-24)25-11-2-3-12-27(25)35(28)31-15-6-7-18-32-31;/h2-15,17-18,20-21H,1H3;/q-3;. The maximum absolute atomic E-state index is 6.28. The molecule has 7 rings (SSSR count). The second-order valence-electron chi connectivity index (χ2n) is 8.72. The first-order valence-electron chi connectivity index (χ1n) is 11.8. The Hall–Kier alpha value is -4.08. The van der Waals surface area contributed by atoms with Gasteiger partial charge in [0.15, 0.2) is 0 Å². The van der Waals surface area contributed by atoms with Crippen molar-refractivity contribution in [2.24, 2.45) is 0 Å². The summed E-state index contributed by atoms with van der Waals surface area (Å²) in [5.74, 6) is 2.15. The van der Waals surface area contributed by atoms with Crippen LogP contribution in [0.2, 0.25) is 0 Å². The van der Waals surface area contributed by atoms with Crippen molar-refractivity contribution in [2.45, 2.75) is 0 Å². The predicted octanol–water partition coefficient (Wildman–Crippen LogP) is 7.28. The molecule has 184 valence electrons. The molecule has 0 aliphatic carbocycles. The number of nitrogens with zero attached hydrogens (tertiary/aromatic N) is 4. The number of hydrogen-bond acceptors (Lipinski definition) is 4. The summed E-state index contributed by atoms with van der Waals surface area (Å²) in [5.41, 5.74) is 5.31. The Morgan fingerprint density at radius 2 is 1.59 bits per heavy atom. The van der Waals surface area contributed by atoms with E-state index in [1.807, 2.05) is 80.0 Å². The number of anilines is 3. The summed E-state index contributed by atoms with van der Waals surface area (Å²) in [6.07, 6.45) is 1.81. The van der Waals surface area contributed by atoms with Gasteiger partial charge in [0.2, 0.25) is 0 Å². The van der Waals surface area contributed by atoms with Crippen molar-refractivity contribution >= 4 is 38.9 Å². The SMILES string of the molecule is CN1[CH-]N(c2[c-]c(Oc3[c-]cc4c(c3)c3ccccc3n4-c3ccccn3)ccc2)c2ccccc21.[Pt]. The van der Waals surface area contributed by atoms with Crippen molar-refractivity contribution in [2.75, 3.05) is 16.8 Å². The van der Waals surface area contributed by atoms with Crippen molar-refractivity contribution in [3.8, 4) is 17.3 Å². The molecular weight excluding hydrogens is 639 g/mol. The van der Waals surface area contributed by atoms with Crippen molar-refractivity contribution in [3.63, 3.8) is 0 Å². The second kappa shape index (κ2) is 9.42. The van der Waals surface area contributed by atoms with Gasteiger partial charge in [0.1, 0.15) is 5.82 Å². The maximum Gasteiger partial charge on any atom is 0.126 e. The van der Waals surface area contributed by atoms with Crippen LogP contribution in [0, 0.1) is 18.8 Å². The Bertz CT molecular complexity index is 1730. The van der Waals surface area contributed by atoms with Gasteiger partial charge in [0.25, 0.3) is 0 Å². The number of pyridine rings is 1. The molecule has 0 fully saturated rings. The van der Waals surface area contributed by atoms with Gasteiger partial charge < -0.3 is 19.1 Å². The van der Waals surface area contributed by atoms with Gasteiger partial charge in [0, 0.05) is 55.7 Å². The predicted molar refractivity (Wildman–Crippen MR) is 144 cm³/mol. The van der Waals surface area contributed by atoms with E-state index < -0.39 is 0 Å². The van der Waals surface area contributed by atoms with Gasteiger partial charge in [-0.3, -0.25) is 0 Å². The van der Waals surface area contributed by atoms with Crippen LogP contribution in [-0.4, -0.2) is 16.6 Å². The summed E-state index contributed by atoms with van der Waals surface area (Å²) in [7, 11) is 2.05. The van der Waals surface area contributed by atoms with E-state index in [0.717, 1.165) is 44.7 Å². The van der Waals surface area contributed by atoms with E-state index in [2.05, 4.69) is 68.5 Å². The third-order valence-corrected chi connectivity index (χ3v) is 6.50. The fourth-order valence-corrected chi connectivity index (χ4v) is 4.89. The number of hydrogen-bond donors (Lipinski definition) is 0. The third kappa shape index (κ3) is 3.96. The molecular formula is C31H21N4OPt-3. The van der Waals surface area contributed by atoms with Crippen molar-refractivity contribution < 1.29 is 25.8 Å². The number of fused-ring (bicyclic) bond motifs is 4. The minimum atomic E-state index is 0. The number of para-hydroxylation sites is 3. The van der Waals surface area contributed by atoms with Crippen LogP contribution in [0.15, 0.2) is 103 Å². The Morgan fingerprint density at radius 3 is 2.46 bits per heavy atom. The molecule has 0 amide bonds. The Labute approximate surface area is 229 Å². The van der Waals surface area contributed by atoms with E-state index in [1.54, 1.807) is 0 Å². The molecule has 3 heterocycles. The van der Waals surface area contributed by atoms with Crippen LogP contribution in [0.4, 0.5) is 17.1 Å². The number of rotatable bonds is 4. The molecule has 0 bridgehead atoms. The summed E-state index contributed by atoms with van der Waals surface area (Å²) in [5, 5.41) is 2.23. The molecule has 0 unspecified atom stereocenters. The van der Waals surface area contributed by atoms with Gasteiger partial charge in [-0.15, -0.1) is 42.1 Å². The van der Waals surface area contributed by atoms with Crippen molar-refractivity contribution in [3.05, 3.63) is 122 Å². The van der Waals surface area contributed by atoms with Gasteiger partial charge in [-0.25, -0.2) is 4.98 Å². The molecule has 37 heavy (non-hydrogen) atoms. The van der Waals surface area contributed by atoms with E-state index in [4.69, 9.17) is 4.74 Å². The molecule has 0 radical (unpaired) electrons. The van der Waals surface area contributed by atoms with Gasteiger partial charge in [0.05, 0.1) is 0 Å². The molecule has 6 aromatic rings. The zero-order chi connectivity index (χ0) is 24.1. The Kier molecular flexibility index (Phi) is 5.94. The van der Waals surface area contributed by atoms with Gasteiger partial charge in [-0.2, -0.15) is 12.7 Å². The fraction of sp³-hybridized carbons (Fsp3) is 0.0323. The summed E-state index contributed by atoms with van der Waals surface area (Å²) in [6.45, 7) is 2.06. The molecule has 1 aliphatic heterocycles. The fourth-order valence-electron chi connectivity index (χ4n) is 4.89. The van der Waals surface area contributed by atoms with Gasteiger partial charge in [-0.05, 0) is 42.8 Å². The van der Waals surface area contributed by atoms with E-state index in [0.29, 0.717) is 11.5 Å². The maximum atomic E-state index is 6.28. The first-order chi connectivity index (χ1) is 17.8. The molecule has 4 aromatic carbocycles. The number of ether oxygens (including phenoxy) is 1. The minimum Gasteiger partial charge on any atom is -0.509 e. The van der Waals surface area contributed by atoms with E-state index >= 15 is 0 Å². The first kappa shape index (κ1) is 23.3. The van der Waals surface area contributed by atoms with Crippen LogP contribution in [0.1, 0.15) is 0 Å². The van der Waals surface area contributed by atoms with E-state index in [-0.39, 0.29) is 21.1 Å². The van der Waals surface area contributed by atoms with E-state index in [1.165, 1.54) is 0 Å². The molecule has 1 aliphatic rings. The Morgan fingerprint density at radius 1 is 0.784 bits per heavy atom.